The Labute approximate surface area is 133 Å². The number of benzene rings is 1. The van der Waals surface area contributed by atoms with Crippen molar-refractivity contribution in [1.82, 2.24) is 15.0 Å². The Morgan fingerprint density at radius 1 is 0.909 bits per heavy atom. The van der Waals surface area contributed by atoms with Gasteiger partial charge in [0.05, 0.1) is 17.1 Å². The largest absolute Gasteiger partial charge is 0.217 e. The summed E-state index contributed by atoms with van der Waals surface area (Å²) in [5.41, 5.74) is 6.59. The average Bonchev–Trinajstić information content (AvgIpc) is 2.74. The van der Waals surface area contributed by atoms with Gasteiger partial charge in [-0.1, -0.05) is 57.5 Å². The third kappa shape index (κ3) is 2.69. The standard InChI is InChI=1S/C19H27N3/c1-13(2)15-9-8-10-16(14(3)4)19(15)22-18-12-7-5-6-11-17(18)20-21-22/h8-10,13-14H,5-7,11-12H2,1-4H3. The molecule has 118 valence electrons. The quantitative estimate of drug-likeness (QED) is 0.763. The van der Waals surface area contributed by atoms with Crippen LogP contribution in [0, 0.1) is 0 Å². The minimum Gasteiger partial charge on any atom is -0.217 e. The maximum absolute atomic E-state index is 4.56. The summed E-state index contributed by atoms with van der Waals surface area (Å²) in [6.07, 6.45) is 5.98. The van der Waals surface area contributed by atoms with Gasteiger partial charge in [0.1, 0.15) is 0 Å². The van der Waals surface area contributed by atoms with Crippen LogP contribution in [-0.4, -0.2) is 15.0 Å². The van der Waals surface area contributed by atoms with Crippen molar-refractivity contribution in [1.29, 1.82) is 0 Å². The minimum absolute atomic E-state index is 0.485. The molecule has 3 nitrogen and oxygen atoms in total. The Bertz CT molecular complexity index is 626. The fourth-order valence-corrected chi connectivity index (χ4v) is 3.47. The van der Waals surface area contributed by atoms with Crippen molar-refractivity contribution in [3.05, 3.63) is 40.7 Å². The Morgan fingerprint density at radius 2 is 1.55 bits per heavy atom. The summed E-state index contributed by atoms with van der Waals surface area (Å²) in [5.74, 6) is 0.971. The number of aromatic nitrogens is 3. The summed E-state index contributed by atoms with van der Waals surface area (Å²) in [5, 5.41) is 9.07. The van der Waals surface area contributed by atoms with Crippen LogP contribution in [0.4, 0.5) is 0 Å². The number of aryl methyl sites for hydroxylation is 1. The fourth-order valence-electron chi connectivity index (χ4n) is 3.47. The van der Waals surface area contributed by atoms with E-state index in [9.17, 15) is 0 Å². The van der Waals surface area contributed by atoms with Crippen LogP contribution in [-0.2, 0) is 12.8 Å². The summed E-state index contributed by atoms with van der Waals surface area (Å²) >= 11 is 0. The van der Waals surface area contributed by atoms with Crippen LogP contribution in [0.3, 0.4) is 0 Å². The van der Waals surface area contributed by atoms with Crippen molar-refractivity contribution >= 4 is 0 Å². The van der Waals surface area contributed by atoms with Gasteiger partial charge in [-0.2, -0.15) is 0 Å². The molecule has 1 aliphatic carbocycles. The van der Waals surface area contributed by atoms with Gasteiger partial charge in [0.25, 0.3) is 0 Å². The van der Waals surface area contributed by atoms with Crippen molar-refractivity contribution in [2.75, 3.05) is 0 Å². The molecule has 0 spiro atoms. The number of hydrogen-bond acceptors (Lipinski definition) is 2. The van der Waals surface area contributed by atoms with E-state index in [-0.39, 0.29) is 0 Å². The van der Waals surface area contributed by atoms with Crippen LogP contribution in [0.1, 0.15) is 81.3 Å². The third-order valence-corrected chi connectivity index (χ3v) is 4.73. The molecule has 0 unspecified atom stereocenters. The fraction of sp³-hybridized carbons (Fsp3) is 0.579. The van der Waals surface area contributed by atoms with Crippen LogP contribution in [0.25, 0.3) is 5.69 Å². The van der Waals surface area contributed by atoms with Crippen LogP contribution < -0.4 is 0 Å². The molecule has 1 heterocycles. The number of fused-ring (bicyclic) bond motifs is 1. The molecule has 1 aromatic carbocycles. The molecule has 3 heteroatoms. The topological polar surface area (TPSA) is 30.7 Å². The molecule has 22 heavy (non-hydrogen) atoms. The number of rotatable bonds is 3. The smallest absolute Gasteiger partial charge is 0.0863 e. The van der Waals surface area contributed by atoms with Crippen molar-refractivity contribution < 1.29 is 0 Å². The van der Waals surface area contributed by atoms with E-state index in [1.54, 1.807) is 0 Å². The van der Waals surface area contributed by atoms with E-state index in [4.69, 9.17) is 0 Å². The molecule has 0 aliphatic heterocycles. The second-order valence-corrected chi connectivity index (χ2v) is 7.05. The monoisotopic (exact) mass is 297 g/mol. The Balaban J connectivity index is 2.21. The molecule has 0 amide bonds. The molecule has 0 fully saturated rings. The second kappa shape index (κ2) is 6.23. The summed E-state index contributed by atoms with van der Waals surface area (Å²) in [6.45, 7) is 9.05. The summed E-state index contributed by atoms with van der Waals surface area (Å²) in [7, 11) is 0. The first-order valence-corrected chi connectivity index (χ1v) is 8.66. The van der Waals surface area contributed by atoms with Crippen molar-refractivity contribution in [3.8, 4) is 5.69 Å². The molecule has 1 aliphatic rings. The highest BCUT2D eigenvalue weighted by molar-refractivity contribution is 5.51. The van der Waals surface area contributed by atoms with Gasteiger partial charge < -0.3 is 0 Å². The van der Waals surface area contributed by atoms with E-state index in [1.807, 2.05) is 0 Å². The average molecular weight is 297 g/mol. The molecule has 0 atom stereocenters. The van der Waals surface area contributed by atoms with Gasteiger partial charge in [0, 0.05) is 0 Å². The van der Waals surface area contributed by atoms with E-state index >= 15 is 0 Å². The molecular weight excluding hydrogens is 270 g/mol. The Morgan fingerprint density at radius 3 is 2.18 bits per heavy atom. The highest BCUT2D eigenvalue weighted by Gasteiger charge is 2.22. The molecule has 0 radical (unpaired) electrons. The minimum atomic E-state index is 0.485. The summed E-state index contributed by atoms with van der Waals surface area (Å²) in [6, 6.07) is 6.68. The lowest BCUT2D eigenvalue weighted by Gasteiger charge is -2.20. The molecule has 0 saturated heterocycles. The van der Waals surface area contributed by atoms with E-state index in [0.717, 1.165) is 12.8 Å². The lowest BCUT2D eigenvalue weighted by atomic mass is 9.92. The number of para-hydroxylation sites is 1. The van der Waals surface area contributed by atoms with Gasteiger partial charge in [0.2, 0.25) is 0 Å². The molecule has 3 rings (SSSR count). The van der Waals surface area contributed by atoms with Crippen LogP contribution in [0.5, 0.6) is 0 Å². The summed E-state index contributed by atoms with van der Waals surface area (Å²) < 4.78 is 2.16. The van der Waals surface area contributed by atoms with Crippen molar-refractivity contribution in [3.63, 3.8) is 0 Å². The first-order valence-electron chi connectivity index (χ1n) is 8.66. The van der Waals surface area contributed by atoms with E-state index in [1.165, 1.54) is 47.5 Å². The van der Waals surface area contributed by atoms with Gasteiger partial charge in [-0.05, 0) is 48.6 Å². The lowest BCUT2D eigenvalue weighted by Crippen LogP contribution is -2.11. The maximum Gasteiger partial charge on any atom is 0.0863 e. The van der Waals surface area contributed by atoms with Gasteiger partial charge >= 0.3 is 0 Å². The predicted molar refractivity (Wildman–Crippen MR) is 90.8 cm³/mol. The zero-order chi connectivity index (χ0) is 15.7. The van der Waals surface area contributed by atoms with E-state index in [2.05, 4.69) is 60.9 Å². The zero-order valence-electron chi connectivity index (χ0n) is 14.3. The SMILES string of the molecule is CC(C)c1cccc(C(C)C)c1-n1nnc2c1CCCCC2. The molecule has 0 bridgehead atoms. The third-order valence-electron chi connectivity index (χ3n) is 4.73. The van der Waals surface area contributed by atoms with E-state index in [0.29, 0.717) is 11.8 Å². The molecule has 2 aromatic rings. The molecule has 1 aromatic heterocycles. The van der Waals surface area contributed by atoms with Crippen molar-refractivity contribution in [2.45, 2.75) is 71.6 Å². The Hall–Kier alpha value is -1.64. The van der Waals surface area contributed by atoms with E-state index < -0.39 is 0 Å². The molecule has 0 saturated carbocycles. The van der Waals surface area contributed by atoms with Gasteiger partial charge in [-0.15, -0.1) is 5.10 Å². The van der Waals surface area contributed by atoms with Crippen molar-refractivity contribution in [2.24, 2.45) is 0 Å². The van der Waals surface area contributed by atoms with Gasteiger partial charge in [-0.3, -0.25) is 0 Å². The van der Waals surface area contributed by atoms with Gasteiger partial charge in [0.15, 0.2) is 0 Å². The highest BCUT2D eigenvalue weighted by Crippen LogP contribution is 2.32. The van der Waals surface area contributed by atoms with Crippen LogP contribution in [0.15, 0.2) is 18.2 Å². The Kier molecular flexibility index (Phi) is 4.32. The molecular formula is C19H27N3. The zero-order valence-corrected chi connectivity index (χ0v) is 14.3. The second-order valence-electron chi connectivity index (χ2n) is 7.05. The lowest BCUT2D eigenvalue weighted by molar-refractivity contribution is 0.661. The first kappa shape index (κ1) is 15.3. The predicted octanol–water partition coefficient (Wildman–Crippen LogP) is 4.78. The summed E-state index contributed by atoms with van der Waals surface area (Å²) in [4.78, 5) is 0. The normalized spacial score (nSPS) is 15.2. The number of nitrogens with zero attached hydrogens (tertiary/aromatic N) is 3. The maximum atomic E-state index is 4.56. The van der Waals surface area contributed by atoms with Crippen LogP contribution >= 0.6 is 0 Å². The number of hydrogen-bond donors (Lipinski definition) is 0. The van der Waals surface area contributed by atoms with Gasteiger partial charge in [-0.25, -0.2) is 4.68 Å². The molecule has 0 N–H and O–H groups in total. The first-order chi connectivity index (χ1) is 10.6. The van der Waals surface area contributed by atoms with Crippen LogP contribution in [0.2, 0.25) is 0 Å². The highest BCUT2D eigenvalue weighted by atomic mass is 15.4.